The molecule has 3 nitrogen and oxygen atoms in total. The SMILES string of the molecule is O=C(Cc1cnc2cccnc2c1)c1c(F)cccc1F. The number of carbonyl (C=O) groups is 1. The maximum atomic E-state index is 13.6. The Morgan fingerprint density at radius 3 is 2.52 bits per heavy atom. The van der Waals surface area contributed by atoms with Crippen LogP contribution in [0.25, 0.3) is 11.0 Å². The zero-order valence-electron chi connectivity index (χ0n) is 10.9. The molecule has 3 aromatic rings. The second-order valence-corrected chi connectivity index (χ2v) is 4.58. The minimum Gasteiger partial charge on any atom is -0.294 e. The number of Topliss-reactive ketones (excluding diaryl/α,β-unsaturated/α-hetero) is 1. The molecule has 3 rings (SSSR count). The van der Waals surface area contributed by atoms with E-state index in [1.54, 1.807) is 24.4 Å². The Kier molecular flexibility index (Phi) is 3.39. The average Bonchev–Trinajstić information content (AvgIpc) is 2.47. The molecule has 0 aliphatic heterocycles. The highest BCUT2D eigenvalue weighted by Gasteiger charge is 2.17. The van der Waals surface area contributed by atoms with Gasteiger partial charge in [-0.1, -0.05) is 6.07 Å². The first-order chi connectivity index (χ1) is 10.1. The number of fused-ring (bicyclic) bond motifs is 1. The Morgan fingerprint density at radius 2 is 1.76 bits per heavy atom. The highest BCUT2D eigenvalue weighted by Crippen LogP contribution is 2.16. The molecule has 0 N–H and O–H groups in total. The first kappa shape index (κ1) is 13.3. The second kappa shape index (κ2) is 5.36. The molecule has 0 bridgehead atoms. The number of hydrogen-bond acceptors (Lipinski definition) is 3. The minimum absolute atomic E-state index is 0.128. The van der Waals surface area contributed by atoms with E-state index in [-0.39, 0.29) is 6.42 Å². The van der Waals surface area contributed by atoms with Gasteiger partial charge in [0.25, 0.3) is 0 Å². The number of aromatic nitrogens is 2. The van der Waals surface area contributed by atoms with Crippen molar-refractivity contribution in [2.24, 2.45) is 0 Å². The van der Waals surface area contributed by atoms with Gasteiger partial charge in [0.05, 0.1) is 16.6 Å². The van der Waals surface area contributed by atoms with Crippen LogP contribution in [0.4, 0.5) is 8.78 Å². The number of halogens is 2. The molecule has 2 aromatic heterocycles. The second-order valence-electron chi connectivity index (χ2n) is 4.58. The summed E-state index contributed by atoms with van der Waals surface area (Å²) in [4.78, 5) is 20.4. The summed E-state index contributed by atoms with van der Waals surface area (Å²) in [5.41, 5.74) is 1.38. The van der Waals surface area contributed by atoms with Gasteiger partial charge in [-0.2, -0.15) is 0 Å². The van der Waals surface area contributed by atoms with Crippen LogP contribution in [0.15, 0.2) is 48.8 Å². The summed E-state index contributed by atoms with van der Waals surface area (Å²) in [5.74, 6) is -2.33. The van der Waals surface area contributed by atoms with E-state index >= 15 is 0 Å². The molecule has 0 saturated heterocycles. The Balaban J connectivity index is 1.93. The molecule has 0 aliphatic rings. The molecule has 2 heterocycles. The van der Waals surface area contributed by atoms with Gasteiger partial charge in [-0.05, 0) is 35.9 Å². The first-order valence-corrected chi connectivity index (χ1v) is 6.32. The average molecular weight is 284 g/mol. The van der Waals surface area contributed by atoms with Gasteiger partial charge in [0.15, 0.2) is 5.78 Å². The fourth-order valence-corrected chi connectivity index (χ4v) is 2.13. The molecule has 0 saturated carbocycles. The molecule has 0 spiro atoms. The third-order valence-electron chi connectivity index (χ3n) is 3.11. The van der Waals surface area contributed by atoms with E-state index in [0.29, 0.717) is 16.6 Å². The largest absolute Gasteiger partial charge is 0.294 e. The van der Waals surface area contributed by atoms with E-state index in [1.807, 2.05) is 0 Å². The molecule has 0 amide bonds. The zero-order chi connectivity index (χ0) is 14.8. The van der Waals surface area contributed by atoms with Gasteiger partial charge in [0.2, 0.25) is 0 Å². The van der Waals surface area contributed by atoms with E-state index in [9.17, 15) is 13.6 Å². The number of pyridine rings is 2. The van der Waals surface area contributed by atoms with Crippen LogP contribution in [0.1, 0.15) is 15.9 Å². The van der Waals surface area contributed by atoms with E-state index in [1.165, 1.54) is 12.3 Å². The van der Waals surface area contributed by atoms with Crippen molar-refractivity contribution in [3.63, 3.8) is 0 Å². The van der Waals surface area contributed by atoms with Crippen molar-refractivity contribution in [2.75, 3.05) is 0 Å². The summed E-state index contributed by atoms with van der Waals surface area (Å²) in [7, 11) is 0. The summed E-state index contributed by atoms with van der Waals surface area (Å²) >= 11 is 0. The summed E-state index contributed by atoms with van der Waals surface area (Å²) in [6.45, 7) is 0. The van der Waals surface area contributed by atoms with Gasteiger partial charge in [0, 0.05) is 18.8 Å². The van der Waals surface area contributed by atoms with Crippen molar-refractivity contribution >= 4 is 16.8 Å². The lowest BCUT2D eigenvalue weighted by Crippen LogP contribution is -2.09. The van der Waals surface area contributed by atoms with Gasteiger partial charge in [-0.25, -0.2) is 8.78 Å². The lowest BCUT2D eigenvalue weighted by molar-refractivity contribution is 0.0985. The van der Waals surface area contributed by atoms with Crippen LogP contribution in [-0.2, 0) is 6.42 Å². The summed E-state index contributed by atoms with van der Waals surface area (Å²) in [6, 6.07) is 8.61. The van der Waals surface area contributed by atoms with Crippen LogP contribution in [0.2, 0.25) is 0 Å². The Labute approximate surface area is 119 Å². The number of benzene rings is 1. The van der Waals surface area contributed by atoms with Gasteiger partial charge in [0.1, 0.15) is 11.6 Å². The van der Waals surface area contributed by atoms with Gasteiger partial charge >= 0.3 is 0 Å². The first-order valence-electron chi connectivity index (χ1n) is 6.32. The standard InChI is InChI=1S/C16H10F2N2O/c17-11-3-1-4-12(18)16(11)15(21)8-10-7-14-13(20-9-10)5-2-6-19-14/h1-7,9H,8H2. The number of ketones is 1. The van der Waals surface area contributed by atoms with Crippen molar-refractivity contribution in [2.45, 2.75) is 6.42 Å². The molecule has 104 valence electrons. The molecule has 0 atom stereocenters. The quantitative estimate of drug-likeness (QED) is 0.693. The summed E-state index contributed by atoms with van der Waals surface area (Å²) in [5, 5.41) is 0. The molecule has 5 heteroatoms. The van der Waals surface area contributed by atoms with Crippen LogP contribution < -0.4 is 0 Å². The van der Waals surface area contributed by atoms with Gasteiger partial charge < -0.3 is 0 Å². The van der Waals surface area contributed by atoms with E-state index in [4.69, 9.17) is 0 Å². The molecule has 0 unspecified atom stereocenters. The molecule has 21 heavy (non-hydrogen) atoms. The number of nitrogens with zero attached hydrogens (tertiary/aromatic N) is 2. The predicted octanol–water partition coefficient (Wildman–Crippen LogP) is 3.33. The topological polar surface area (TPSA) is 42.9 Å². The van der Waals surface area contributed by atoms with Crippen LogP contribution >= 0.6 is 0 Å². The number of rotatable bonds is 3. The Hall–Kier alpha value is -2.69. The predicted molar refractivity (Wildman–Crippen MR) is 73.9 cm³/mol. The lowest BCUT2D eigenvalue weighted by Gasteiger charge is -2.05. The zero-order valence-corrected chi connectivity index (χ0v) is 10.9. The summed E-state index contributed by atoms with van der Waals surface area (Å²) in [6.07, 6.45) is 3.00. The maximum Gasteiger partial charge on any atom is 0.173 e. The van der Waals surface area contributed by atoms with E-state index in [2.05, 4.69) is 9.97 Å². The molecular formula is C16H10F2N2O. The molecular weight excluding hydrogens is 274 g/mol. The fourth-order valence-electron chi connectivity index (χ4n) is 2.13. The molecule has 0 fully saturated rings. The third kappa shape index (κ3) is 2.63. The smallest absolute Gasteiger partial charge is 0.173 e. The van der Waals surface area contributed by atoms with E-state index < -0.39 is 23.0 Å². The van der Waals surface area contributed by atoms with Crippen LogP contribution in [0.3, 0.4) is 0 Å². The molecule has 1 aromatic carbocycles. The van der Waals surface area contributed by atoms with Crippen molar-refractivity contribution in [1.29, 1.82) is 0 Å². The van der Waals surface area contributed by atoms with E-state index in [0.717, 1.165) is 12.1 Å². The van der Waals surface area contributed by atoms with Gasteiger partial charge in [-0.3, -0.25) is 14.8 Å². The maximum absolute atomic E-state index is 13.6. The fraction of sp³-hybridized carbons (Fsp3) is 0.0625. The Morgan fingerprint density at radius 1 is 1.00 bits per heavy atom. The van der Waals surface area contributed by atoms with Crippen molar-refractivity contribution < 1.29 is 13.6 Å². The highest BCUT2D eigenvalue weighted by atomic mass is 19.1. The normalized spacial score (nSPS) is 10.8. The molecule has 0 radical (unpaired) electrons. The minimum atomic E-state index is -0.855. The van der Waals surface area contributed by atoms with Crippen LogP contribution in [0, 0.1) is 11.6 Å². The lowest BCUT2D eigenvalue weighted by atomic mass is 10.0. The van der Waals surface area contributed by atoms with Crippen molar-refractivity contribution in [1.82, 2.24) is 9.97 Å². The molecule has 0 aliphatic carbocycles. The van der Waals surface area contributed by atoms with Crippen LogP contribution in [-0.4, -0.2) is 15.8 Å². The Bertz CT molecular complexity index is 813. The third-order valence-corrected chi connectivity index (χ3v) is 3.11. The number of hydrogen-bond donors (Lipinski definition) is 0. The monoisotopic (exact) mass is 284 g/mol. The van der Waals surface area contributed by atoms with Crippen LogP contribution in [0.5, 0.6) is 0 Å². The summed E-state index contributed by atoms with van der Waals surface area (Å²) < 4.78 is 27.1. The van der Waals surface area contributed by atoms with Gasteiger partial charge in [-0.15, -0.1) is 0 Å². The number of carbonyl (C=O) groups excluding carboxylic acids is 1. The van der Waals surface area contributed by atoms with Crippen molar-refractivity contribution in [3.05, 3.63) is 71.6 Å². The highest BCUT2D eigenvalue weighted by molar-refractivity contribution is 5.98. The van der Waals surface area contributed by atoms with Crippen molar-refractivity contribution in [3.8, 4) is 0 Å².